The highest BCUT2D eigenvalue weighted by Gasteiger charge is 2.42. The number of thioether (sulfide) groups is 2. The summed E-state index contributed by atoms with van der Waals surface area (Å²) in [6.45, 7) is 0. The van der Waals surface area contributed by atoms with Crippen LogP contribution in [0, 0.1) is 0 Å². The van der Waals surface area contributed by atoms with Gasteiger partial charge in [0.15, 0.2) is 0 Å². The molecule has 2 saturated heterocycles. The molecule has 2 amide bonds. The van der Waals surface area contributed by atoms with Crippen LogP contribution in [0.5, 0.6) is 5.75 Å². The van der Waals surface area contributed by atoms with Crippen molar-refractivity contribution >= 4 is 66.2 Å². The Morgan fingerprint density at radius 1 is 0.585 bits per heavy atom. The Hall–Kier alpha value is -6.52. The van der Waals surface area contributed by atoms with Crippen LogP contribution in [0.15, 0.2) is 176 Å². The second-order valence-corrected chi connectivity index (χ2v) is 17.3. The zero-order valence-corrected chi connectivity index (χ0v) is 37.7. The van der Waals surface area contributed by atoms with E-state index in [9.17, 15) is 24.0 Å². The van der Waals surface area contributed by atoms with Crippen LogP contribution in [0.4, 0.5) is 9.59 Å². The lowest BCUT2D eigenvalue weighted by atomic mass is 9.84. The molecule has 0 aromatic heterocycles. The molecule has 0 aliphatic carbocycles. The molecule has 6 aromatic carbocycles. The van der Waals surface area contributed by atoms with Crippen molar-refractivity contribution in [1.82, 2.24) is 10.6 Å². The molecule has 12 nitrogen and oxygen atoms in total. The predicted octanol–water partition coefficient (Wildman–Crippen LogP) is 8.03. The second kappa shape index (κ2) is 22.9. The predicted molar refractivity (Wildman–Crippen MR) is 256 cm³/mol. The number of alkyl carbamates (subject to hydrolysis) is 2. The van der Waals surface area contributed by atoms with Crippen LogP contribution in [0.3, 0.4) is 0 Å². The van der Waals surface area contributed by atoms with Crippen LogP contribution in [0.1, 0.15) is 33.4 Å². The fraction of sp³-hybridized carbons (Fsp3) is 0.180. The van der Waals surface area contributed by atoms with Gasteiger partial charge in [-0.25, -0.2) is 19.2 Å². The number of carbonyl (C=O) groups is 5. The Kier molecular flexibility index (Phi) is 16.9. The van der Waals surface area contributed by atoms with Crippen molar-refractivity contribution in [3.8, 4) is 5.75 Å². The van der Waals surface area contributed by atoms with Gasteiger partial charge in [0, 0.05) is 17.3 Å². The van der Waals surface area contributed by atoms with Crippen molar-refractivity contribution in [2.45, 2.75) is 27.6 Å². The van der Waals surface area contributed by atoms with Crippen LogP contribution < -0.4 is 21.1 Å². The van der Waals surface area contributed by atoms with E-state index in [4.69, 9.17) is 15.6 Å². The van der Waals surface area contributed by atoms with Gasteiger partial charge in [0.1, 0.15) is 23.9 Å². The molecule has 2 fully saturated rings. The first-order valence-corrected chi connectivity index (χ1v) is 23.0. The molecule has 0 unspecified atom stereocenters. The lowest BCUT2D eigenvalue weighted by molar-refractivity contribution is -0.138. The summed E-state index contributed by atoms with van der Waals surface area (Å²) in [7, 11) is 1.64. The Morgan fingerprint density at radius 2 is 0.877 bits per heavy atom. The van der Waals surface area contributed by atoms with Gasteiger partial charge in [0.05, 0.1) is 16.6 Å². The smallest absolute Gasteiger partial charge is 0.415 e. The van der Waals surface area contributed by atoms with E-state index in [1.807, 2.05) is 115 Å². The first kappa shape index (κ1) is 47.9. The highest BCUT2D eigenvalue weighted by Crippen LogP contribution is 2.50. The van der Waals surface area contributed by atoms with Gasteiger partial charge >= 0.3 is 30.1 Å². The number of amides is 2. The molecule has 2 heterocycles. The molecule has 15 heteroatoms. The van der Waals surface area contributed by atoms with E-state index >= 15 is 0 Å². The third-order valence-electron chi connectivity index (χ3n) is 10.4. The quantitative estimate of drug-likeness (QED) is 0.0290. The van der Waals surface area contributed by atoms with Crippen LogP contribution in [-0.4, -0.2) is 77.7 Å². The average molecular weight is 930 g/mol. The maximum Gasteiger partial charge on any atom is 0.415 e. The molecule has 65 heavy (non-hydrogen) atoms. The van der Waals surface area contributed by atoms with Crippen molar-refractivity contribution in [1.29, 1.82) is 0 Å². The SMILES string of the molecule is COc1ccc(C(SC[C@@H]2NC(=O)OC2=O)(c2ccccc2)c2ccccc2)cc1.N[C@@H](CS)C(=O)O.O=C1N[C@@H](CSC(c2ccccc2)(c2ccccc2)c2ccccc2)C(=O)O1. The van der Waals surface area contributed by atoms with Gasteiger partial charge in [-0.1, -0.05) is 164 Å². The molecule has 0 radical (unpaired) electrons. The number of carboxylic acids is 1. The summed E-state index contributed by atoms with van der Waals surface area (Å²) in [5.74, 6) is -0.364. The highest BCUT2D eigenvalue weighted by atomic mass is 32.2. The number of methoxy groups -OCH3 is 1. The minimum Gasteiger partial charge on any atom is -0.497 e. The summed E-state index contributed by atoms with van der Waals surface area (Å²) in [6, 6.07) is 56.7. The summed E-state index contributed by atoms with van der Waals surface area (Å²) in [5, 5.41) is 13.2. The molecule has 5 N–H and O–H groups in total. The number of benzene rings is 6. The Labute approximate surface area is 391 Å². The van der Waals surface area contributed by atoms with Gasteiger partial charge in [-0.2, -0.15) is 12.6 Å². The van der Waals surface area contributed by atoms with E-state index in [0.717, 1.165) is 39.1 Å². The number of esters is 2. The summed E-state index contributed by atoms with van der Waals surface area (Å²) in [4.78, 5) is 56.7. The molecular formula is C50H47N3O9S3. The Morgan fingerprint density at radius 3 is 1.09 bits per heavy atom. The number of nitrogens with one attached hydrogen (secondary N) is 2. The van der Waals surface area contributed by atoms with Crippen LogP contribution in [-0.2, 0) is 33.4 Å². The molecule has 0 spiro atoms. The van der Waals surface area contributed by atoms with Crippen molar-refractivity contribution in [3.05, 3.63) is 209 Å². The van der Waals surface area contributed by atoms with Crippen molar-refractivity contribution < 1.29 is 43.3 Å². The number of hydrogen-bond acceptors (Lipinski definition) is 12. The molecule has 0 bridgehead atoms. The molecule has 2 aliphatic heterocycles. The number of rotatable bonds is 15. The topological polar surface area (TPSA) is 183 Å². The van der Waals surface area contributed by atoms with Gasteiger partial charge in [-0.05, 0) is 45.5 Å². The summed E-state index contributed by atoms with van der Waals surface area (Å²) >= 11 is 6.85. The van der Waals surface area contributed by atoms with Gasteiger partial charge in [-0.15, -0.1) is 23.5 Å². The third kappa shape index (κ3) is 11.6. The maximum absolute atomic E-state index is 12.1. The molecular weight excluding hydrogens is 883 g/mol. The standard InChI is InChI=1S/C24H21NO4S.C23H19NO3S.C3H7NO2S/c1-28-20-14-12-19(13-15-20)24(17-8-4-2-5-9-17,18-10-6-3-7-11-18)30-16-21-22(26)29-23(27)25-21;25-21-20(24-22(26)27-21)16-28-23(17-10-4-1-5-11-17,18-12-6-2-7-13-18)19-14-8-3-9-15-19;4-2(1-7)3(5)6/h2-15,21H,16H2,1H3,(H,25,27);1-15,20H,16H2,(H,24,26);2,7H,1,4H2,(H,5,6)/t21-;20-;2-/m000/s1. The Bertz CT molecular complexity index is 2370. The van der Waals surface area contributed by atoms with Crippen molar-refractivity contribution in [3.63, 3.8) is 0 Å². The van der Waals surface area contributed by atoms with Crippen molar-refractivity contribution in [2.75, 3.05) is 24.4 Å². The molecule has 334 valence electrons. The number of aliphatic carboxylic acids is 1. The number of hydrogen-bond donors (Lipinski definition) is 5. The first-order chi connectivity index (χ1) is 31.5. The number of carbonyl (C=O) groups excluding carboxylic acids is 4. The van der Waals surface area contributed by atoms with Crippen LogP contribution >= 0.6 is 36.2 Å². The molecule has 0 saturated carbocycles. The van der Waals surface area contributed by atoms with E-state index in [1.165, 1.54) is 0 Å². The maximum atomic E-state index is 12.1. The number of carboxylic acid groups (broad SMARTS) is 1. The molecule has 2 aliphatic rings. The molecule has 3 atom stereocenters. The van der Waals surface area contributed by atoms with Gasteiger partial charge in [-0.3, -0.25) is 4.79 Å². The number of cyclic esters (lactones) is 4. The van der Waals surface area contributed by atoms with E-state index in [2.05, 4.69) is 93.4 Å². The largest absolute Gasteiger partial charge is 0.497 e. The van der Waals surface area contributed by atoms with E-state index in [-0.39, 0.29) is 5.75 Å². The fourth-order valence-corrected chi connectivity index (χ4v) is 10.4. The van der Waals surface area contributed by atoms with E-state index in [1.54, 1.807) is 30.6 Å². The van der Waals surface area contributed by atoms with Gasteiger partial charge < -0.3 is 35.7 Å². The minimum atomic E-state index is -1.00. The Balaban J connectivity index is 0.000000188. The third-order valence-corrected chi connectivity index (χ3v) is 14.1. The normalized spacial score (nSPS) is 16.0. The highest BCUT2D eigenvalue weighted by molar-refractivity contribution is 8.01. The van der Waals surface area contributed by atoms with E-state index in [0.29, 0.717) is 11.5 Å². The summed E-state index contributed by atoms with van der Waals surface area (Å²) in [6.07, 6.45) is -1.37. The summed E-state index contributed by atoms with van der Waals surface area (Å²) < 4.78 is 13.5. The molecule has 8 rings (SSSR count). The van der Waals surface area contributed by atoms with E-state index < -0.39 is 57.7 Å². The monoisotopic (exact) mass is 929 g/mol. The minimum absolute atomic E-state index is 0.190. The molecule has 6 aromatic rings. The summed E-state index contributed by atoms with van der Waals surface area (Å²) in [5.41, 5.74) is 11.5. The second-order valence-electron chi connectivity index (χ2n) is 14.5. The van der Waals surface area contributed by atoms with Crippen LogP contribution in [0.25, 0.3) is 0 Å². The van der Waals surface area contributed by atoms with Crippen LogP contribution in [0.2, 0.25) is 0 Å². The average Bonchev–Trinajstić information content (AvgIpc) is 3.87. The van der Waals surface area contributed by atoms with Crippen molar-refractivity contribution in [2.24, 2.45) is 5.73 Å². The number of thiol groups is 1. The number of ether oxygens (including phenoxy) is 3. The number of nitrogens with two attached hydrogens (primary N) is 1. The van der Waals surface area contributed by atoms with Gasteiger partial charge in [0.2, 0.25) is 0 Å². The lowest BCUT2D eigenvalue weighted by Gasteiger charge is -2.36. The lowest BCUT2D eigenvalue weighted by Crippen LogP contribution is -2.35. The zero-order valence-electron chi connectivity index (χ0n) is 35.2. The first-order valence-electron chi connectivity index (χ1n) is 20.4. The zero-order chi connectivity index (χ0) is 46.2. The van der Waals surface area contributed by atoms with Gasteiger partial charge in [0.25, 0.3) is 0 Å². The fourth-order valence-electron chi connectivity index (χ4n) is 7.19.